The summed E-state index contributed by atoms with van der Waals surface area (Å²) in [7, 11) is 0. The molecule has 0 saturated carbocycles. The number of aliphatic carboxylic acids is 4. The average Bonchev–Trinajstić information content (AvgIpc) is 2.01. The van der Waals surface area contributed by atoms with Crippen LogP contribution >= 0.6 is 0 Å². The minimum atomic E-state index is -2.91. The Labute approximate surface area is 82.8 Å². The summed E-state index contributed by atoms with van der Waals surface area (Å²) in [6.45, 7) is 0.532. The Kier molecular flexibility index (Phi) is 3.39. The van der Waals surface area contributed by atoms with E-state index in [0.717, 1.165) is 0 Å². The van der Waals surface area contributed by atoms with Crippen molar-refractivity contribution in [2.45, 2.75) is 6.92 Å². The van der Waals surface area contributed by atoms with E-state index in [4.69, 9.17) is 20.4 Å². The molecule has 0 aliphatic rings. The van der Waals surface area contributed by atoms with Crippen molar-refractivity contribution in [2.75, 3.05) is 0 Å². The highest BCUT2D eigenvalue weighted by Crippen LogP contribution is 2.29. The van der Waals surface area contributed by atoms with Crippen molar-refractivity contribution in [3.63, 3.8) is 0 Å². The van der Waals surface area contributed by atoms with Crippen molar-refractivity contribution < 1.29 is 39.6 Å². The highest BCUT2D eigenvalue weighted by atomic mass is 16.4. The summed E-state index contributed by atoms with van der Waals surface area (Å²) < 4.78 is 0. The molecule has 8 nitrogen and oxygen atoms in total. The van der Waals surface area contributed by atoms with E-state index in [1.165, 1.54) is 0 Å². The van der Waals surface area contributed by atoms with Crippen LogP contribution in [0.2, 0.25) is 0 Å². The maximum Gasteiger partial charge on any atom is 0.322 e. The van der Waals surface area contributed by atoms with Gasteiger partial charge in [-0.05, 0) is 6.92 Å². The van der Waals surface area contributed by atoms with Crippen molar-refractivity contribution in [3.05, 3.63) is 0 Å². The second-order valence-electron chi connectivity index (χ2n) is 2.92. The Hall–Kier alpha value is -2.12. The van der Waals surface area contributed by atoms with Gasteiger partial charge >= 0.3 is 23.9 Å². The largest absolute Gasteiger partial charge is 0.481 e. The van der Waals surface area contributed by atoms with Gasteiger partial charge in [-0.2, -0.15) is 0 Å². The van der Waals surface area contributed by atoms with E-state index in [1.807, 2.05) is 0 Å². The number of hydrogen-bond donors (Lipinski definition) is 4. The van der Waals surface area contributed by atoms with Gasteiger partial charge in [0.05, 0.1) is 0 Å². The first-order chi connectivity index (χ1) is 6.65. The molecule has 8 heteroatoms. The van der Waals surface area contributed by atoms with E-state index in [-0.39, 0.29) is 0 Å². The summed E-state index contributed by atoms with van der Waals surface area (Å²) in [5.74, 6) is -10.6. The quantitative estimate of drug-likeness (QED) is 0.428. The van der Waals surface area contributed by atoms with Crippen LogP contribution in [-0.2, 0) is 19.2 Å². The van der Waals surface area contributed by atoms with E-state index in [1.54, 1.807) is 0 Å². The first-order valence-electron chi connectivity index (χ1n) is 3.58. The number of hydrogen-bond acceptors (Lipinski definition) is 4. The zero-order valence-corrected chi connectivity index (χ0v) is 7.50. The normalized spacial score (nSPS) is 11.1. The Morgan fingerprint density at radius 1 is 0.867 bits per heavy atom. The molecule has 0 spiro atoms. The van der Waals surface area contributed by atoms with Crippen LogP contribution in [0.15, 0.2) is 0 Å². The van der Waals surface area contributed by atoms with Gasteiger partial charge in [0.15, 0.2) is 11.3 Å². The van der Waals surface area contributed by atoms with E-state index < -0.39 is 35.2 Å². The average molecular weight is 220 g/mol. The maximum atomic E-state index is 10.6. The van der Waals surface area contributed by atoms with Crippen molar-refractivity contribution >= 4 is 23.9 Å². The minimum Gasteiger partial charge on any atom is -0.481 e. The Balaban J connectivity index is 5.59. The van der Waals surface area contributed by atoms with Crippen molar-refractivity contribution in [3.8, 4) is 0 Å². The molecule has 0 rings (SSSR count). The first kappa shape index (κ1) is 12.9. The Morgan fingerprint density at radius 2 is 1.13 bits per heavy atom. The van der Waals surface area contributed by atoms with Crippen LogP contribution in [0, 0.1) is 11.3 Å². The first-order valence-corrected chi connectivity index (χ1v) is 3.58. The molecule has 0 aromatic heterocycles. The second kappa shape index (κ2) is 3.95. The summed E-state index contributed by atoms with van der Waals surface area (Å²) in [5.41, 5.74) is -2.91. The third kappa shape index (κ3) is 2.03. The third-order valence-electron chi connectivity index (χ3n) is 1.96. The van der Waals surface area contributed by atoms with Gasteiger partial charge in [0, 0.05) is 0 Å². The number of carbonyl (C=O) groups is 4. The van der Waals surface area contributed by atoms with Crippen molar-refractivity contribution in [2.24, 2.45) is 11.3 Å². The molecular formula is C7H8O8. The molecule has 0 aromatic carbocycles. The van der Waals surface area contributed by atoms with E-state index in [2.05, 4.69) is 0 Å². The van der Waals surface area contributed by atoms with Crippen LogP contribution in [0.25, 0.3) is 0 Å². The summed E-state index contributed by atoms with van der Waals surface area (Å²) in [6.07, 6.45) is 0. The van der Waals surface area contributed by atoms with Gasteiger partial charge in [0.1, 0.15) is 0 Å². The van der Waals surface area contributed by atoms with Gasteiger partial charge in [0.2, 0.25) is 0 Å². The van der Waals surface area contributed by atoms with Crippen LogP contribution in [0.4, 0.5) is 0 Å². The topological polar surface area (TPSA) is 149 Å². The number of rotatable bonds is 5. The smallest absolute Gasteiger partial charge is 0.322 e. The van der Waals surface area contributed by atoms with E-state index >= 15 is 0 Å². The van der Waals surface area contributed by atoms with E-state index in [0.29, 0.717) is 6.92 Å². The van der Waals surface area contributed by atoms with E-state index in [9.17, 15) is 19.2 Å². The van der Waals surface area contributed by atoms with Crippen LogP contribution in [-0.4, -0.2) is 44.3 Å². The summed E-state index contributed by atoms with van der Waals surface area (Å²) >= 11 is 0. The zero-order valence-electron chi connectivity index (χ0n) is 7.50. The van der Waals surface area contributed by atoms with Crippen molar-refractivity contribution in [1.29, 1.82) is 0 Å². The molecule has 0 heterocycles. The monoisotopic (exact) mass is 220 g/mol. The standard InChI is InChI=1S/C7H8O8/c1-7(5(12)13,6(14)15)2(3(8)9)4(10)11/h2H,1H3,(H,8,9)(H,10,11)(H,12,13)(H,14,15). The molecule has 0 amide bonds. The lowest BCUT2D eigenvalue weighted by molar-refractivity contribution is -0.181. The molecule has 0 saturated heterocycles. The van der Waals surface area contributed by atoms with Crippen LogP contribution in [0.1, 0.15) is 6.92 Å². The summed E-state index contributed by atoms with van der Waals surface area (Å²) in [4.78, 5) is 42.2. The fourth-order valence-corrected chi connectivity index (χ4v) is 0.938. The molecule has 84 valence electrons. The highest BCUT2D eigenvalue weighted by Gasteiger charge is 2.56. The molecule has 0 aliphatic heterocycles. The molecule has 0 aromatic rings. The number of carboxylic acid groups (broad SMARTS) is 4. The SMILES string of the molecule is CC(C(=O)O)(C(=O)O)C(C(=O)O)C(=O)O. The van der Waals surface area contributed by atoms with Gasteiger partial charge in [-0.3, -0.25) is 19.2 Å². The predicted octanol–water partition coefficient (Wildman–Crippen LogP) is -1.05. The van der Waals surface area contributed by atoms with Gasteiger partial charge in [0.25, 0.3) is 0 Å². The van der Waals surface area contributed by atoms with Gasteiger partial charge in [-0.1, -0.05) is 0 Å². The molecule has 4 N–H and O–H groups in total. The minimum absolute atomic E-state index is 0.532. The van der Waals surface area contributed by atoms with Crippen molar-refractivity contribution in [1.82, 2.24) is 0 Å². The van der Waals surface area contributed by atoms with Crippen LogP contribution in [0.3, 0.4) is 0 Å². The maximum absolute atomic E-state index is 10.6. The summed E-state index contributed by atoms with van der Waals surface area (Å²) in [5, 5.41) is 34.1. The van der Waals surface area contributed by atoms with Gasteiger partial charge < -0.3 is 20.4 Å². The molecule has 15 heavy (non-hydrogen) atoms. The zero-order chi connectivity index (χ0) is 12.4. The molecular weight excluding hydrogens is 212 g/mol. The lowest BCUT2D eigenvalue weighted by Crippen LogP contribution is -2.49. The lowest BCUT2D eigenvalue weighted by atomic mass is 9.77. The Bertz CT molecular complexity index is 302. The second-order valence-corrected chi connectivity index (χ2v) is 2.92. The number of carboxylic acids is 4. The summed E-state index contributed by atoms with van der Waals surface area (Å²) in [6, 6.07) is 0. The molecule has 0 fully saturated rings. The van der Waals surface area contributed by atoms with Crippen LogP contribution in [0.5, 0.6) is 0 Å². The molecule has 0 unspecified atom stereocenters. The van der Waals surface area contributed by atoms with Crippen LogP contribution < -0.4 is 0 Å². The van der Waals surface area contributed by atoms with Gasteiger partial charge in [-0.15, -0.1) is 0 Å². The third-order valence-corrected chi connectivity index (χ3v) is 1.96. The predicted molar refractivity (Wildman–Crippen MR) is 42.1 cm³/mol. The molecule has 0 bridgehead atoms. The Morgan fingerprint density at radius 3 is 1.20 bits per heavy atom. The molecule has 0 atom stereocenters. The molecule has 0 radical (unpaired) electrons. The fourth-order valence-electron chi connectivity index (χ4n) is 0.938. The fraction of sp³-hybridized carbons (Fsp3) is 0.429. The van der Waals surface area contributed by atoms with Gasteiger partial charge in [-0.25, -0.2) is 0 Å². The lowest BCUT2D eigenvalue weighted by Gasteiger charge is -2.23. The highest BCUT2D eigenvalue weighted by molar-refractivity contribution is 6.09. The molecule has 0 aliphatic carbocycles.